The lowest BCUT2D eigenvalue weighted by Crippen LogP contribution is -2.40. The SMILES string of the molecule is COC(=O)CC(C)NC1CCCSC1. The maximum atomic E-state index is 11.0. The third kappa shape index (κ3) is 4.33. The summed E-state index contributed by atoms with van der Waals surface area (Å²) in [4.78, 5) is 11.0. The molecule has 0 aromatic rings. The molecule has 4 heteroatoms. The van der Waals surface area contributed by atoms with Crippen molar-refractivity contribution in [2.24, 2.45) is 0 Å². The topological polar surface area (TPSA) is 38.3 Å². The van der Waals surface area contributed by atoms with Crippen LogP contribution in [0.2, 0.25) is 0 Å². The molecule has 0 radical (unpaired) electrons. The molecule has 82 valence electrons. The summed E-state index contributed by atoms with van der Waals surface area (Å²) in [6.45, 7) is 2.04. The molecule has 1 N–H and O–H groups in total. The maximum absolute atomic E-state index is 11.0. The van der Waals surface area contributed by atoms with Crippen molar-refractivity contribution < 1.29 is 9.53 Å². The Morgan fingerprint density at radius 1 is 1.71 bits per heavy atom. The van der Waals surface area contributed by atoms with Crippen molar-refractivity contribution in [3.8, 4) is 0 Å². The van der Waals surface area contributed by atoms with Crippen LogP contribution in [0.25, 0.3) is 0 Å². The Morgan fingerprint density at radius 3 is 3.07 bits per heavy atom. The van der Waals surface area contributed by atoms with E-state index in [1.807, 2.05) is 18.7 Å². The van der Waals surface area contributed by atoms with Crippen molar-refractivity contribution in [2.45, 2.75) is 38.3 Å². The molecule has 2 unspecified atom stereocenters. The summed E-state index contributed by atoms with van der Waals surface area (Å²) >= 11 is 1.99. The Hall–Kier alpha value is -0.220. The lowest BCUT2D eigenvalue weighted by molar-refractivity contribution is -0.141. The molecule has 1 saturated heterocycles. The Morgan fingerprint density at radius 2 is 2.50 bits per heavy atom. The van der Waals surface area contributed by atoms with E-state index in [1.54, 1.807) is 0 Å². The maximum Gasteiger partial charge on any atom is 0.307 e. The summed E-state index contributed by atoms with van der Waals surface area (Å²) < 4.78 is 4.63. The molecule has 0 bridgehead atoms. The number of methoxy groups -OCH3 is 1. The minimum Gasteiger partial charge on any atom is -0.469 e. The summed E-state index contributed by atoms with van der Waals surface area (Å²) in [5.41, 5.74) is 0. The van der Waals surface area contributed by atoms with Crippen molar-refractivity contribution >= 4 is 17.7 Å². The van der Waals surface area contributed by atoms with Gasteiger partial charge in [-0.15, -0.1) is 0 Å². The molecular weight excluding hydrogens is 198 g/mol. The van der Waals surface area contributed by atoms with Crippen LogP contribution in [-0.4, -0.2) is 36.7 Å². The highest BCUT2D eigenvalue weighted by Gasteiger charge is 2.17. The molecular formula is C10H19NO2S. The third-order valence-corrected chi connectivity index (χ3v) is 3.60. The number of carbonyl (C=O) groups excluding carboxylic acids is 1. The first-order valence-corrected chi connectivity index (χ1v) is 6.28. The van der Waals surface area contributed by atoms with Gasteiger partial charge in [-0.1, -0.05) is 0 Å². The fraction of sp³-hybridized carbons (Fsp3) is 0.900. The van der Waals surface area contributed by atoms with Crippen molar-refractivity contribution in [2.75, 3.05) is 18.6 Å². The summed E-state index contributed by atoms with van der Waals surface area (Å²) in [5.74, 6) is 2.32. The zero-order chi connectivity index (χ0) is 10.4. The third-order valence-electron chi connectivity index (χ3n) is 2.38. The van der Waals surface area contributed by atoms with Gasteiger partial charge in [0.25, 0.3) is 0 Å². The van der Waals surface area contributed by atoms with Gasteiger partial charge in [0.15, 0.2) is 0 Å². The first-order valence-electron chi connectivity index (χ1n) is 5.13. The highest BCUT2D eigenvalue weighted by molar-refractivity contribution is 7.99. The number of ether oxygens (including phenoxy) is 1. The zero-order valence-electron chi connectivity index (χ0n) is 8.91. The molecule has 3 nitrogen and oxygen atoms in total. The molecule has 1 rings (SSSR count). The minimum atomic E-state index is -0.131. The molecule has 1 aliphatic heterocycles. The van der Waals surface area contributed by atoms with Gasteiger partial charge in [0, 0.05) is 17.8 Å². The smallest absolute Gasteiger partial charge is 0.307 e. The summed E-state index contributed by atoms with van der Waals surface area (Å²) in [7, 11) is 1.44. The molecule has 0 aromatic heterocycles. The van der Waals surface area contributed by atoms with Crippen molar-refractivity contribution in [3.05, 3.63) is 0 Å². The lowest BCUT2D eigenvalue weighted by atomic mass is 10.1. The number of rotatable bonds is 4. The Labute approximate surface area is 90.0 Å². The second-order valence-corrected chi connectivity index (χ2v) is 4.91. The molecule has 0 amide bonds. The zero-order valence-corrected chi connectivity index (χ0v) is 9.73. The van der Waals surface area contributed by atoms with Crippen LogP contribution in [0.5, 0.6) is 0 Å². The van der Waals surface area contributed by atoms with Gasteiger partial charge in [-0.2, -0.15) is 11.8 Å². The van der Waals surface area contributed by atoms with E-state index in [1.165, 1.54) is 31.5 Å². The van der Waals surface area contributed by atoms with Crippen LogP contribution < -0.4 is 5.32 Å². The first-order chi connectivity index (χ1) is 6.72. The highest BCUT2D eigenvalue weighted by Crippen LogP contribution is 2.17. The van der Waals surface area contributed by atoms with Gasteiger partial charge in [-0.05, 0) is 25.5 Å². The van der Waals surface area contributed by atoms with Crippen LogP contribution in [0.1, 0.15) is 26.2 Å². The van der Waals surface area contributed by atoms with E-state index >= 15 is 0 Å². The standard InChI is InChI=1S/C10H19NO2S/c1-8(6-10(12)13-2)11-9-4-3-5-14-7-9/h8-9,11H,3-7H2,1-2H3. The number of esters is 1. The van der Waals surface area contributed by atoms with Crippen LogP contribution in [0.4, 0.5) is 0 Å². The van der Waals surface area contributed by atoms with Crippen LogP contribution in [0.3, 0.4) is 0 Å². The predicted octanol–water partition coefficient (Wildman–Crippen LogP) is 1.42. The Bertz CT molecular complexity index is 181. The van der Waals surface area contributed by atoms with E-state index in [0.717, 1.165) is 0 Å². The summed E-state index contributed by atoms with van der Waals surface area (Å²) in [5, 5.41) is 3.46. The van der Waals surface area contributed by atoms with Crippen molar-refractivity contribution in [1.82, 2.24) is 5.32 Å². The summed E-state index contributed by atoms with van der Waals surface area (Å²) in [6.07, 6.45) is 2.99. The number of hydrogen-bond donors (Lipinski definition) is 1. The van der Waals surface area contributed by atoms with E-state index in [9.17, 15) is 4.79 Å². The first kappa shape index (κ1) is 11.9. The average Bonchev–Trinajstić information content (AvgIpc) is 2.19. The highest BCUT2D eigenvalue weighted by atomic mass is 32.2. The molecule has 0 saturated carbocycles. The lowest BCUT2D eigenvalue weighted by Gasteiger charge is -2.25. The molecule has 1 heterocycles. The largest absolute Gasteiger partial charge is 0.469 e. The number of carbonyl (C=O) groups is 1. The normalized spacial score (nSPS) is 24.3. The average molecular weight is 217 g/mol. The molecule has 1 aliphatic rings. The Balaban J connectivity index is 2.18. The van der Waals surface area contributed by atoms with Gasteiger partial charge in [0.05, 0.1) is 13.5 Å². The van der Waals surface area contributed by atoms with Gasteiger partial charge in [0.1, 0.15) is 0 Å². The number of hydrogen-bond acceptors (Lipinski definition) is 4. The van der Waals surface area contributed by atoms with Crippen molar-refractivity contribution in [3.63, 3.8) is 0 Å². The monoisotopic (exact) mass is 217 g/mol. The van der Waals surface area contributed by atoms with Gasteiger partial charge in [-0.3, -0.25) is 4.79 Å². The molecule has 0 aromatic carbocycles. The predicted molar refractivity (Wildman–Crippen MR) is 59.6 cm³/mol. The molecule has 14 heavy (non-hydrogen) atoms. The Kier molecular flexibility index (Phi) is 5.33. The molecule has 0 spiro atoms. The van der Waals surface area contributed by atoms with Gasteiger partial charge < -0.3 is 10.1 Å². The van der Waals surface area contributed by atoms with E-state index in [4.69, 9.17) is 0 Å². The second kappa shape index (κ2) is 6.30. The second-order valence-electron chi connectivity index (χ2n) is 3.76. The van der Waals surface area contributed by atoms with Crippen molar-refractivity contribution in [1.29, 1.82) is 0 Å². The van der Waals surface area contributed by atoms with E-state index in [-0.39, 0.29) is 12.0 Å². The number of nitrogens with one attached hydrogen (secondary N) is 1. The number of thioether (sulfide) groups is 1. The van der Waals surface area contributed by atoms with Gasteiger partial charge in [0.2, 0.25) is 0 Å². The summed E-state index contributed by atoms with van der Waals surface area (Å²) in [6, 6.07) is 0.805. The quantitative estimate of drug-likeness (QED) is 0.723. The van der Waals surface area contributed by atoms with E-state index in [2.05, 4.69) is 10.1 Å². The van der Waals surface area contributed by atoms with Gasteiger partial charge >= 0.3 is 5.97 Å². The van der Waals surface area contributed by atoms with Crippen LogP contribution in [0.15, 0.2) is 0 Å². The minimum absolute atomic E-state index is 0.131. The fourth-order valence-electron chi connectivity index (χ4n) is 1.67. The molecule has 1 fully saturated rings. The van der Waals surface area contributed by atoms with E-state index in [0.29, 0.717) is 12.5 Å². The van der Waals surface area contributed by atoms with Crippen LogP contribution in [-0.2, 0) is 9.53 Å². The van der Waals surface area contributed by atoms with Gasteiger partial charge in [-0.25, -0.2) is 0 Å². The molecule has 0 aliphatic carbocycles. The van der Waals surface area contributed by atoms with Crippen LogP contribution in [0, 0.1) is 0 Å². The van der Waals surface area contributed by atoms with Crippen LogP contribution >= 0.6 is 11.8 Å². The molecule has 2 atom stereocenters. The van der Waals surface area contributed by atoms with E-state index < -0.39 is 0 Å². The fourth-order valence-corrected chi connectivity index (χ4v) is 2.75.